The standard InChI is InChI=1S/C21H34O4/c1-13(2)21-12-20(23)10-7-14-18(3,15(20)11-16(21)25-21)8-6-9-19(14,4)17(22)24-5/h13-16,23H,6-12H2,1-5H3/t14-,15+,16+,18+,19-,20-,21-/m1/s1. The van der Waals surface area contributed by atoms with E-state index in [4.69, 9.17) is 9.47 Å². The van der Waals surface area contributed by atoms with Gasteiger partial charge in [0.2, 0.25) is 0 Å². The maximum atomic E-state index is 12.6. The number of aliphatic hydroxyl groups is 1. The fourth-order valence-electron chi connectivity index (χ4n) is 7.38. The molecule has 3 aliphatic carbocycles. The highest BCUT2D eigenvalue weighted by Gasteiger charge is 2.72. The first-order valence-corrected chi connectivity index (χ1v) is 10.1. The van der Waals surface area contributed by atoms with Crippen molar-refractivity contribution < 1.29 is 19.4 Å². The summed E-state index contributed by atoms with van der Waals surface area (Å²) in [6.45, 7) is 8.86. The van der Waals surface area contributed by atoms with E-state index in [-0.39, 0.29) is 28.8 Å². The summed E-state index contributed by atoms with van der Waals surface area (Å²) in [5.41, 5.74) is -1.17. The average molecular weight is 350 g/mol. The Labute approximate surface area is 151 Å². The van der Waals surface area contributed by atoms with Crippen LogP contribution in [-0.4, -0.2) is 35.5 Å². The van der Waals surface area contributed by atoms with E-state index >= 15 is 0 Å². The Morgan fingerprint density at radius 3 is 2.56 bits per heavy atom. The average Bonchev–Trinajstić information content (AvgIpc) is 3.26. The van der Waals surface area contributed by atoms with Gasteiger partial charge >= 0.3 is 5.97 Å². The molecule has 142 valence electrons. The zero-order valence-electron chi connectivity index (χ0n) is 16.4. The van der Waals surface area contributed by atoms with E-state index in [9.17, 15) is 9.90 Å². The zero-order chi connectivity index (χ0) is 18.3. The topological polar surface area (TPSA) is 59.1 Å². The van der Waals surface area contributed by atoms with Crippen LogP contribution >= 0.6 is 0 Å². The van der Waals surface area contributed by atoms with Crippen LogP contribution in [0.3, 0.4) is 0 Å². The van der Waals surface area contributed by atoms with Gasteiger partial charge in [0.25, 0.3) is 0 Å². The highest BCUT2D eigenvalue weighted by atomic mass is 16.6. The summed E-state index contributed by atoms with van der Waals surface area (Å²) in [7, 11) is 1.51. The summed E-state index contributed by atoms with van der Waals surface area (Å²) < 4.78 is 11.4. The Bertz CT molecular complexity index is 588. The third kappa shape index (κ3) is 2.16. The van der Waals surface area contributed by atoms with Gasteiger partial charge in [-0.1, -0.05) is 27.2 Å². The fraction of sp³-hybridized carbons (Fsp3) is 0.952. The van der Waals surface area contributed by atoms with Crippen LogP contribution in [0.5, 0.6) is 0 Å². The lowest BCUT2D eigenvalue weighted by molar-refractivity contribution is -0.205. The second-order valence-corrected chi connectivity index (χ2v) is 10.1. The molecule has 0 amide bonds. The van der Waals surface area contributed by atoms with Crippen LogP contribution in [0.2, 0.25) is 0 Å². The lowest BCUT2D eigenvalue weighted by atomic mass is 9.42. The molecule has 1 heterocycles. The number of hydrogen-bond acceptors (Lipinski definition) is 4. The first-order chi connectivity index (χ1) is 11.6. The molecule has 3 saturated carbocycles. The second-order valence-electron chi connectivity index (χ2n) is 10.1. The Morgan fingerprint density at radius 2 is 1.92 bits per heavy atom. The van der Waals surface area contributed by atoms with Crippen LogP contribution in [-0.2, 0) is 14.3 Å². The number of rotatable bonds is 2. The molecule has 0 aromatic carbocycles. The van der Waals surface area contributed by atoms with Crippen LogP contribution in [0.4, 0.5) is 0 Å². The van der Waals surface area contributed by atoms with E-state index in [1.807, 2.05) is 0 Å². The van der Waals surface area contributed by atoms with Gasteiger partial charge in [-0.2, -0.15) is 0 Å². The van der Waals surface area contributed by atoms with Crippen molar-refractivity contribution in [2.24, 2.45) is 28.6 Å². The van der Waals surface area contributed by atoms with Gasteiger partial charge in [0.05, 0.1) is 29.8 Å². The molecule has 7 atom stereocenters. The number of carbonyl (C=O) groups is 1. The third-order valence-electron chi connectivity index (χ3n) is 8.80. The quantitative estimate of drug-likeness (QED) is 0.609. The molecule has 0 aromatic rings. The summed E-state index contributed by atoms with van der Waals surface area (Å²) in [6.07, 6.45) is 6.73. The van der Waals surface area contributed by atoms with Crippen LogP contribution in [0.25, 0.3) is 0 Å². The fourth-order valence-corrected chi connectivity index (χ4v) is 7.38. The van der Waals surface area contributed by atoms with Crippen molar-refractivity contribution in [3.05, 3.63) is 0 Å². The van der Waals surface area contributed by atoms with Gasteiger partial charge in [-0.3, -0.25) is 4.79 Å². The number of epoxide rings is 1. The molecular formula is C21H34O4. The number of fused-ring (bicyclic) bond motifs is 4. The molecule has 0 bridgehead atoms. The molecule has 1 N–H and O–H groups in total. The molecule has 0 spiro atoms. The molecule has 4 aliphatic rings. The number of methoxy groups -OCH3 is 1. The van der Waals surface area contributed by atoms with Gasteiger partial charge < -0.3 is 14.6 Å². The van der Waals surface area contributed by atoms with Crippen molar-refractivity contribution in [1.29, 1.82) is 0 Å². The maximum absolute atomic E-state index is 12.6. The summed E-state index contributed by atoms with van der Waals surface area (Å²) in [4.78, 5) is 12.6. The second kappa shape index (κ2) is 5.22. The van der Waals surface area contributed by atoms with Gasteiger partial charge in [0, 0.05) is 6.42 Å². The summed E-state index contributed by atoms with van der Waals surface area (Å²) in [5, 5.41) is 11.7. The van der Waals surface area contributed by atoms with Crippen molar-refractivity contribution in [3.8, 4) is 0 Å². The minimum Gasteiger partial charge on any atom is -0.469 e. The van der Waals surface area contributed by atoms with Crippen molar-refractivity contribution in [2.45, 2.75) is 89.9 Å². The number of carbonyl (C=O) groups excluding carboxylic acids is 1. The minimum atomic E-state index is -0.642. The van der Waals surface area contributed by atoms with Crippen LogP contribution in [0.1, 0.15) is 72.6 Å². The Kier molecular flexibility index (Phi) is 3.71. The van der Waals surface area contributed by atoms with E-state index in [2.05, 4.69) is 27.7 Å². The highest BCUT2D eigenvalue weighted by molar-refractivity contribution is 5.77. The van der Waals surface area contributed by atoms with E-state index in [0.29, 0.717) is 12.0 Å². The van der Waals surface area contributed by atoms with Gasteiger partial charge in [-0.05, 0) is 62.2 Å². The number of hydrogen-bond donors (Lipinski definition) is 1. The van der Waals surface area contributed by atoms with Gasteiger partial charge in [0.15, 0.2) is 0 Å². The van der Waals surface area contributed by atoms with E-state index in [1.165, 1.54) is 7.11 Å². The molecule has 25 heavy (non-hydrogen) atoms. The Hall–Kier alpha value is -0.610. The van der Waals surface area contributed by atoms with E-state index in [0.717, 1.165) is 44.9 Å². The maximum Gasteiger partial charge on any atom is 0.311 e. The first-order valence-electron chi connectivity index (χ1n) is 10.1. The summed E-state index contributed by atoms with van der Waals surface area (Å²) in [6, 6.07) is 0. The molecule has 4 nitrogen and oxygen atoms in total. The Morgan fingerprint density at radius 1 is 1.20 bits per heavy atom. The van der Waals surface area contributed by atoms with Gasteiger partial charge in [-0.15, -0.1) is 0 Å². The zero-order valence-corrected chi connectivity index (χ0v) is 16.4. The lowest BCUT2D eigenvalue weighted by Gasteiger charge is -2.62. The van der Waals surface area contributed by atoms with Gasteiger partial charge in [-0.25, -0.2) is 0 Å². The highest BCUT2D eigenvalue weighted by Crippen LogP contribution is 2.69. The summed E-state index contributed by atoms with van der Waals surface area (Å²) >= 11 is 0. The van der Waals surface area contributed by atoms with Crippen LogP contribution in [0.15, 0.2) is 0 Å². The molecule has 0 aromatic heterocycles. The van der Waals surface area contributed by atoms with Crippen molar-refractivity contribution >= 4 is 5.97 Å². The number of esters is 1. The van der Waals surface area contributed by atoms with Crippen LogP contribution < -0.4 is 0 Å². The normalized spacial score (nSPS) is 54.3. The summed E-state index contributed by atoms with van der Waals surface area (Å²) in [5.74, 6) is 0.891. The predicted molar refractivity (Wildman–Crippen MR) is 94.9 cm³/mol. The van der Waals surface area contributed by atoms with Crippen molar-refractivity contribution in [2.75, 3.05) is 7.11 Å². The van der Waals surface area contributed by atoms with Crippen LogP contribution in [0, 0.1) is 28.6 Å². The molecule has 4 rings (SSSR count). The third-order valence-corrected chi connectivity index (χ3v) is 8.80. The molecule has 1 saturated heterocycles. The lowest BCUT2D eigenvalue weighted by Crippen LogP contribution is -2.63. The van der Waals surface area contributed by atoms with Crippen molar-refractivity contribution in [3.63, 3.8) is 0 Å². The molecule has 1 aliphatic heterocycles. The molecular weight excluding hydrogens is 316 g/mol. The first kappa shape index (κ1) is 17.8. The minimum absolute atomic E-state index is 0.0106. The van der Waals surface area contributed by atoms with E-state index < -0.39 is 11.0 Å². The monoisotopic (exact) mass is 350 g/mol. The molecule has 0 unspecified atom stereocenters. The van der Waals surface area contributed by atoms with E-state index in [1.54, 1.807) is 0 Å². The predicted octanol–water partition coefficient (Wildman–Crippen LogP) is 3.70. The Balaban J connectivity index is 1.68. The number of ether oxygens (including phenoxy) is 2. The van der Waals surface area contributed by atoms with Crippen molar-refractivity contribution in [1.82, 2.24) is 0 Å². The molecule has 4 fully saturated rings. The largest absolute Gasteiger partial charge is 0.469 e. The molecule has 4 heteroatoms. The smallest absolute Gasteiger partial charge is 0.311 e. The molecule has 0 radical (unpaired) electrons. The van der Waals surface area contributed by atoms with Gasteiger partial charge in [0.1, 0.15) is 0 Å². The SMILES string of the molecule is COC(=O)[C@]1(C)CCC[C@]2(C)[C@@H]3C[C@@H]4O[C@@]4(C(C)C)C[C@]3(O)CC[C@H]21.